The van der Waals surface area contributed by atoms with Gasteiger partial charge in [0.25, 0.3) is 0 Å². The molecule has 0 spiro atoms. The number of aliphatic hydroxyl groups is 1. The van der Waals surface area contributed by atoms with Crippen molar-refractivity contribution in [3.63, 3.8) is 0 Å². The molecule has 0 aromatic heterocycles. The Bertz CT molecular complexity index is 1250. The fourth-order valence-corrected chi connectivity index (χ4v) is 4.64. The third-order valence-electron chi connectivity index (χ3n) is 6.36. The van der Waals surface area contributed by atoms with E-state index in [2.05, 4.69) is 38.1 Å². The Hall–Kier alpha value is -3.50. The normalized spacial score (nSPS) is 18.9. The lowest BCUT2D eigenvalue weighted by Crippen LogP contribution is -2.32. The molecule has 0 radical (unpaired) electrons. The van der Waals surface area contributed by atoms with Crippen molar-refractivity contribution in [2.75, 3.05) is 11.6 Å². The number of hydrazone groups is 1. The van der Waals surface area contributed by atoms with E-state index >= 15 is 0 Å². The van der Waals surface area contributed by atoms with Gasteiger partial charge in [-0.2, -0.15) is 5.10 Å². The third-order valence-corrected chi connectivity index (χ3v) is 6.36. The average Bonchev–Trinajstić information content (AvgIpc) is 2.81. The molecule has 3 aromatic carbocycles. The van der Waals surface area contributed by atoms with Crippen molar-refractivity contribution in [2.24, 2.45) is 5.10 Å². The van der Waals surface area contributed by atoms with Crippen molar-refractivity contribution in [3.8, 4) is 0 Å². The van der Waals surface area contributed by atoms with Gasteiger partial charge in [-0.15, -0.1) is 0 Å². The summed E-state index contributed by atoms with van der Waals surface area (Å²) in [5.74, 6) is -0.182. The molecule has 0 unspecified atom stereocenters. The molecule has 2 aliphatic rings. The van der Waals surface area contributed by atoms with Crippen LogP contribution in [0.5, 0.6) is 0 Å². The van der Waals surface area contributed by atoms with Crippen molar-refractivity contribution in [1.82, 2.24) is 0 Å². The fourth-order valence-electron chi connectivity index (χ4n) is 4.64. The van der Waals surface area contributed by atoms with E-state index in [1.807, 2.05) is 54.4 Å². The number of carbonyl (C=O) groups excluding carboxylic acids is 1. The number of hydrogen-bond acceptors (Lipinski definition) is 4. The molecule has 1 aliphatic heterocycles. The number of carbonyl (C=O) groups is 1. The molecule has 2 atom stereocenters. The van der Waals surface area contributed by atoms with E-state index in [0.29, 0.717) is 23.2 Å². The lowest BCUT2D eigenvalue weighted by atomic mass is 9.76. The smallest absolute Gasteiger partial charge is 0.193 e. The van der Waals surface area contributed by atoms with Crippen LogP contribution in [0, 0.1) is 13.8 Å². The summed E-state index contributed by atoms with van der Waals surface area (Å²) in [6.07, 6.45) is 2.97. The van der Waals surface area contributed by atoms with Crippen LogP contribution in [-0.4, -0.2) is 23.1 Å². The van der Waals surface area contributed by atoms with Gasteiger partial charge in [-0.1, -0.05) is 71.8 Å². The van der Waals surface area contributed by atoms with Crippen LogP contribution in [-0.2, 0) is 0 Å². The summed E-state index contributed by atoms with van der Waals surface area (Å²) in [6.45, 7) is 6.82. The molecular formula is C28H26N2O2. The van der Waals surface area contributed by atoms with Gasteiger partial charge in [0.1, 0.15) is 0 Å². The van der Waals surface area contributed by atoms with Gasteiger partial charge < -0.3 is 5.11 Å². The van der Waals surface area contributed by atoms with Gasteiger partial charge in [-0.3, -0.25) is 9.80 Å². The van der Waals surface area contributed by atoms with Crippen LogP contribution < -0.4 is 5.01 Å². The van der Waals surface area contributed by atoms with Gasteiger partial charge in [0.2, 0.25) is 0 Å². The quantitative estimate of drug-likeness (QED) is 0.448. The number of hydrogen-bond donors (Lipinski definition) is 1. The number of benzene rings is 3. The summed E-state index contributed by atoms with van der Waals surface area (Å²) in [5, 5.41) is 17.9. The van der Waals surface area contributed by atoms with Crippen LogP contribution in [0.2, 0.25) is 0 Å². The maximum atomic E-state index is 13.5. The molecule has 4 heteroatoms. The molecule has 0 saturated carbocycles. The lowest BCUT2D eigenvalue weighted by Gasteiger charge is -2.36. The maximum absolute atomic E-state index is 13.5. The van der Waals surface area contributed by atoms with Crippen LogP contribution in [0.25, 0.3) is 0 Å². The summed E-state index contributed by atoms with van der Waals surface area (Å²) < 4.78 is 0. The largest absolute Gasteiger partial charge is 0.384 e. The highest BCUT2D eigenvalue weighted by molar-refractivity contribution is 6.13. The number of rotatable bonds is 4. The highest BCUT2D eigenvalue weighted by Gasteiger charge is 2.36. The second-order valence-corrected chi connectivity index (χ2v) is 8.53. The van der Waals surface area contributed by atoms with E-state index in [0.717, 1.165) is 28.1 Å². The van der Waals surface area contributed by atoms with Crippen LogP contribution in [0.1, 0.15) is 62.7 Å². The minimum absolute atomic E-state index is 0.0710. The fraction of sp³-hybridized carbons (Fsp3) is 0.214. The monoisotopic (exact) mass is 422 g/mol. The molecule has 5 rings (SSSR count). The first-order valence-corrected chi connectivity index (χ1v) is 11.1. The molecule has 0 amide bonds. The number of aryl methyl sites for hydroxylation is 2. The molecule has 32 heavy (non-hydrogen) atoms. The predicted octanol–water partition coefficient (Wildman–Crippen LogP) is 5.47. The first-order valence-electron chi connectivity index (χ1n) is 11.1. The van der Waals surface area contributed by atoms with E-state index in [4.69, 9.17) is 5.10 Å². The standard InChI is InChI=1S/C28H26N2O2/c1-4-30-23-15-13-22(28(32)20-11-7-18(3)8-12-20)26-24(31)16-14-21(25(23)26)27(29-30)19-9-5-17(2)6-10-19/h5-16,21,24,31H,4H2,1-3H3/t21-,24+/m1/s1. The summed E-state index contributed by atoms with van der Waals surface area (Å²) in [6, 6.07) is 19.7. The van der Waals surface area contributed by atoms with Crippen molar-refractivity contribution < 1.29 is 9.90 Å². The van der Waals surface area contributed by atoms with Gasteiger partial charge in [-0.05, 0) is 44.0 Å². The van der Waals surface area contributed by atoms with Crippen LogP contribution in [0.4, 0.5) is 5.69 Å². The number of nitrogens with zero attached hydrogens (tertiary/aromatic N) is 2. The second-order valence-electron chi connectivity index (χ2n) is 8.53. The zero-order valence-corrected chi connectivity index (χ0v) is 18.5. The summed E-state index contributed by atoms with van der Waals surface area (Å²) in [7, 11) is 0. The van der Waals surface area contributed by atoms with Crippen molar-refractivity contribution >= 4 is 17.2 Å². The van der Waals surface area contributed by atoms with Crippen molar-refractivity contribution in [3.05, 3.63) is 112 Å². The zero-order chi connectivity index (χ0) is 22.4. The molecule has 1 aliphatic carbocycles. The Labute approximate surface area is 188 Å². The third kappa shape index (κ3) is 3.28. The lowest BCUT2D eigenvalue weighted by molar-refractivity contribution is 0.103. The molecule has 1 heterocycles. The summed E-state index contributed by atoms with van der Waals surface area (Å²) in [4.78, 5) is 13.5. The summed E-state index contributed by atoms with van der Waals surface area (Å²) in [5.41, 5.74) is 8.08. The Kier molecular flexibility index (Phi) is 5.03. The maximum Gasteiger partial charge on any atom is 0.193 e. The van der Waals surface area contributed by atoms with Gasteiger partial charge in [-0.25, -0.2) is 0 Å². The average molecular weight is 423 g/mol. The molecule has 160 valence electrons. The molecule has 0 fully saturated rings. The molecule has 4 nitrogen and oxygen atoms in total. The molecule has 0 saturated heterocycles. The molecule has 1 N–H and O–H groups in total. The molecule has 3 aromatic rings. The van der Waals surface area contributed by atoms with Gasteiger partial charge in [0.05, 0.1) is 17.5 Å². The van der Waals surface area contributed by atoms with Gasteiger partial charge >= 0.3 is 0 Å². The number of anilines is 1. The van der Waals surface area contributed by atoms with Crippen molar-refractivity contribution in [1.29, 1.82) is 0 Å². The Morgan fingerprint density at radius 2 is 1.56 bits per heavy atom. The topological polar surface area (TPSA) is 52.9 Å². The van der Waals surface area contributed by atoms with Crippen LogP contribution in [0.3, 0.4) is 0 Å². The highest BCUT2D eigenvalue weighted by Crippen LogP contribution is 2.45. The first kappa shape index (κ1) is 20.4. The predicted molar refractivity (Wildman–Crippen MR) is 129 cm³/mol. The van der Waals surface area contributed by atoms with Gasteiger partial charge in [0.15, 0.2) is 5.78 Å². The van der Waals surface area contributed by atoms with E-state index in [1.54, 1.807) is 6.08 Å². The number of aliphatic hydroxyl groups excluding tert-OH is 1. The Morgan fingerprint density at radius 3 is 2.22 bits per heavy atom. The molecule has 0 bridgehead atoms. The Balaban J connectivity index is 1.69. The zero-order valence-electron chi connectivity index (χ0n) is 18.5. The van der Waals surface area contributed by atoms with E-state index in [-0.39, 0.29) is 11.7 Å². The van der Waals surface area contributed by atoms with Crippen LogP contribution >= 0.6 is 0 Å². The van der Waals surface area contributed by atoms with Gasteiger partial charge in [0, 0.05) is 29.2 Å². The minimum Gasteiger partial charge on any atom is -0.384 e. The SMILES string of the molecule is CCN1N=C(c2ccc(C)cc2)[C@@H]2C=C[C@H](O)c3c(C(=O)c4ccc(C)cc4)ccc1c32. The van der Waals surface area contributed by atoms with Crippen molar-refractivity contribution in [2.45, 2.75) is 32.8 Å². The minimum atomic E-state index is -0.832. The highest BCUT2D eigenvalue weighted by atomic mass is 16.3. The molecular weight excluding hydrogens is 396 g/mol. The second kappa shape index (κ2) is 7.88. The first-order chi connectivity index (χ1) is 15.5. The number of allylic oxidation sites excluding steroid dienone is 1. The Morgan fingerprint density at radius 1 is 0.906 bits per heavy atom. The van der Waals surface area contributed by atoms with Crippen LogP contribution in [0.15, 0.2) is 77.9 Å². The van der Waals surface area contributed by atoms with E-state index in [1.165, 1.54) is 5.56 Å². The summed E-state index contributed by atoms with van der Waals surface area (Å²) >= 11 is 0. The number of ketones is 1. The van der Waals surface area contributed by atoms with E-state index < -0.39 is 6.10 Å². The van der Waals surface area contributed by atoms with E-state index in [9.17, 15) is 9.90 Å².